The van der Waals surface area contributed by atoms with Crippen LogP contribution in [0.5, 0.6) is 5.75 Å². The van der Waals surface area contributed by atoms with Gasteiger partial charge in [-0.15, -0.1) is 0 Å². The maximum atomic E-state index is 13.0. The van der Waals surface area contributed by atoms with Gasteiger partial charge in [-0.05, 0) is 70.4 Å². The van der Waals surface area contributed by atoms with E-state index in [1.165, 1.54) is 11.1 Å². The lowest BCUT2D eigenvalue weighted by Crippen LogP contribution is -2.41. The molecule has 1 atom stereocenters. The molecule has 1 unspecified atom stereocenters. The van der Waals surface area contributed by atoms with Crippen LogP contribution in [0.1, 0.15) is 64.5 Å². The van der Waals surface area contributed by atoms with Crippen molar-refractivity contribution in [3.8, 4) is 5.75 Å². The van der Waals surface area contributed by atoms with Gasteiger partial charge in [0, 0.05) is 17.5 Å². The minimum absolute atomic E-state index is 0.0178. The van der Waals surface area contributed by atoms with Crippen molar-refractivity contribution in [3.05, 3.63) is 63.7 Å². The maximum absolute atomic E-state index is 13.0. The quantitative estimate of drug-likeness (QED) is 0.842. The lowest BCUT2D eigenvalue weighted by Gasteiger charge is -2.38. The lowest BCUT2D eigenvalue weighted by atomic mass is 9.88. The third-order valence-electron chi connectivity index (χ3n) is 5.01. The SMILES string of the molecule is Cc1ccc2c(c1)C(NC(=O)c1cc(C)c(C)cc1C)CC(C)(C)O2. The number of carbonyl (C=O) groups is 1. The van der Waals surface area contributed by atoms with Gasteiger partial charge in [0.25, 0.3) is 5.91 Å². The third-order valence-corrected chi connectivity index (χ3v) is 5.01. The van der Waals surface area contributed by atoms with Crippen molar-refractivity contribution in [2.75, 3.05) is 0 Å². The number of ether oxygens (including phenoxy) is 1. The highest BCUT2D eigenvalue weighted by Gasteiger charge is 2.34. The number of rotatable bonds is 2. The molecule has 3 rings (SSSR count). The molecule has 1 heterocycles. The monoisotopic (exact) mass is 337 g/mol. The first-order valence-corrected chi connectivity index (χ1v) is 8.84. The van der Waals surface area contributed by atoms with E-state index < -0.39 is 0 Å². The van der Waals surface area contributed by atoms with Gasteiger partial charge in [-0.1, -0.05) is 23.8 Å². The van der Waals surface area contributed by atoms with Gasteiger partial charge in [-0.25, -0.2) is 0 Å². The zero-order chi connectivity index (χ0) is 18.4. The predicted molar refractivity (Wildman–Crippen MR) is 101 cm³/mol. The van der Waals surface area contributed by atoms with E-state index in [-0.39, 0.29) is 17.6 Å². The number of benzene rings is 2. The van der Waals surface area contributed by atoms with Crippen molar-refractivity contribution < 1.29 is 9.53 Å². The number of carbonyl (C=O) groups excluding carboxylic acids is 1. The molecule has 3 heteroatoms. The zero-order valence-corrected chi connectivity index (χ0v) is 16.0. The van der Waals surface area contributed by atoms with Crippen LogP contribution in [0.3, 0.4) is 0 Å². The Morgan fingerprint density at radius 1 is 1.04 bits per heavy atom. The number of fused-ring (bicyclic) bond motifs is 1. The Morgan fingerprint density at radius 2 is 1.72 bits per heavy atom. The number of nitrogens with one attached hydrogen (secondary N) is 1. The molecule has 2 aromatic rings. The molecule has 1 amide bonds. The first-order chi connectivity index (χ1) is 11.7. The molecule has 0 bridgehead atoms. The van der Waals surface area contributed by atoms with Crippen LogP contribution in [0.2, 0.25) is 0 Å². The topological polar surface area (TPSA) is 38.3 Å². The molecule has 1 aliphatic rings. The molecule has 0 saturated heterocycles. The van der Waals surface area contributed by atoms with Gasteiger partial charge in [0.1, 0.15) is 11.4 Å². The molecule has 0 spiro atoms. The molecule has 3 nitrogen and oxygen atoms in total. The number of hydrogen-bond donors (Lipinski definition) is 1. The normalized spacial score (nSPS) is 18.2. The summed E-state index contributed by atoms with van der Waals surface area (Å²) < 4.78 is 6.10. The lowest BCUT2D eigenvalue weighted by molar-refractivity contribution is 0.0619. The fourth-order valence-corrected chi connectivity index (χ4v) is 3.54. The van der Waals surface area contributed by atoms with Crippen LogP contribution in [-0.4, -0.2) is 11.5 Å². The highest BCUT2D eigenvalue weighted by atomic mass is 16.5. The fourth-order valence-electron chi connectivity index (χ4n) is 3.54. The molecule has 0 saturated carbocycles. The van der Waals surface area contributed by atoms with Crippen molar-refractivity contribution in [1.29, 1.82) is 0 Å². The Bertz CT molecular complexity index is 836. The summed E-state index contributed by atoms with van der Waals surface area (Å²) in [5.74, 6) is 0.847. The minimum atomic E-state index is -0.307. The first-order valence-electron chi connectivity index (χ1n) is 8.84. The largest absolute Gasteiger partial charge is 0.487 e. The van der Waals surface area contributed by atoms with E-state index in [2.05, 4.69) is 45.1 Å². The molecule has 2 aromatic carbocycles. The van der Waals surface area contributed by atoms with Gasteiger partial charge < -0.3 is 10.1 Å². The second-order valence-corrected chi connectivity index (χ2v) is 7.88. The van der Waals surface area contributed by atoms with Crippen LogP contribution in [0.15, 0.2) is 30.3 Å². The van der Waals surface area contributed by atoms with Gasteiger partial charge in [0.15, 0.2) is 0 Å². The van der Waals surface area contributed by atoms with Crippen molar-refractivity contribution in [1.82, 2.24) is 5.32 Å². The van der Waals surface area contributed by atoms with Gasteiger partial charge in [0.05, 0.1) is 6.04 Å². The molecular formula is C22H27NO2. The van der Waals surface area contributed by atoms with Gasteiger partial charge in [0.2, 0.25) is 0 Å². The standard InChI is InChI=1S/C22H27NO2/c1-13-7-8-20-18(9-13)19(12-22(5,6)25-20)23-21(24)17-11-15(3)14(2)10-16(17)4/h7-11,19H,12H2,1-6H3,(H,23,24). The van der Waals surface area contributed by atoms with E-state index in [9.17, 15) is 4.79 Å². The van der Waals surface area contributed by atoms with E-state index in [1.807, 2.05) is 32.0 Å². The van der Waals surface area contributed by atoms with Gasteiger partial charge in [-0.2, -0.15) is 0 Å². The summed E-state index contributed by atoms with van der Waals surface area (Å²) in [7, 11) is 0. The zero-order valence-electron chi connectivity index (χ0n) is 16.0. The molecule has 25 heavy (non-hydrogen) atoms. The second-order valence-electron chi connectivity index (χ2n) is 7.88. The Hall–Kier alpha value is -2.29. The van der Waals surface area contributed by atoms with Gasteiger partial charge >= 0.3 is 0 Å². The molecule has 0 aromatic heterocycles. The summed E-state index contributed by atoms with van der Waals surface area (Å²) in [5.41, 5.74) is 6.04. The molecule has 0 fully saturated rings. The van der Waals surface area contributed by atoms with Crippen LogP contribution in [-0.2, 0) is 0 Å². The van der Waals surface area contributed by atoms with E-state index >= 15 is 0 Å². The fraction of sp³-hybridized carbons (Fsp3) is 0.409. The minimum Gasteiger partial charge on any atom is -0.487 e. The van der Waals surface area contributed by atoms with Crippen molar-refractivity contribution in [2.24, 2.45) is 0 Å². The Balaban J connectivity index is 1.94. The molecular weight excluding hydrogens is 310 g/mol. The summed E-state index contributed by atoms with van der Waals surface area (Å²) in [6.07, 6.45) is 0.749. The molecule has 1 aliphatic heterocycles. The smallest absolute Gasteiger partial charge is 0.252 e. The van der Waals surface area contributed by atoms with Crippen LogP contribution in [0.4, 0.5) is 0 Å². The molecule has 0 aliphatic carbocycles. The Labute approximate surface area is 150 Å². The van der Waals surface area contributed by atoms with Crippen LogP contribution in [0, 0.1) is 27.7 Å². The van der Waals surface area contributed by atoms with Crippen molar-refractivity contribution in [2.45, 2.75) is 59.6 Å². The predicted octanol–water partition coefficient (Wildman–Crippen LogP) is 4.95. The van der Waals surface area contributed by atoms with E-state index in [0.29, 0.717) is 0 Å². The number of amides is 1. The highest BCUT2D eigenvalue weighted by Crippen LogP contribution is 2.40. The van der Waals surface area contributed by atoms with E-state index in [1.54, 1.807) is 0 Å². The van der Waals surface area contributed by atoms with E-state index in [4.69, 9.17) is 4.74 Å². The Morgan fingerprint density at radius 3 is 2.44 bits per heavy atom. The molecule has 0 radical (unpaired) electrons. The summed E-state index contributed by atoms with van der Waals surface area (Å²) >= 11 is 0. The van der Waals surface area contributed by atoms with Crippen LogP contribution >= 0.6 is 0 Å². The van der Waals surface area contributed by atoms with Crippen molar-refractivity contribution in [3.63, 3.8) is 0 Å². The molecule has 132 valence electrons. The van der Waals surface area contributed by atoms with Crippen molar-refractivity contribution >= 4 is 5.91 Å². The second kappa shape index (κ2) is 6.21. The average Bonchev–Trinajstić information content (AvgIpc) is 2.50. The highest BCUT2D eigenvalue weighted by molar-refractivity contribution is 5.96. The Kier molecular flexibility index (Phi) is 4.36. The first kappa shape index (κ1) is 17.5. The average molecular weight is 337 g/mol. The summed E-state index contributed by atoms with van der Waals surface area (Å²) in [6.45, 7) is 12.3. The summed E-state index contributed by atoms with van der Waals surface area (Å²) in [4.78, 5) is 13.0. The van der Waals surface area contributed by atoms with Crippen LogP contribution in [0.25, 0.3) is 0 Å². The van der Waals surface area contributed by atoms with Crippen LogP contribution < -0.4 is 10.1 Å². The third kappa shape index (κ3) is 3.55. The molecule has 1 N–H and O–H groups in total. The number of aryl methyl sites for hydroxylation is 4. The number of hydrogen-bond acceptors (Lipinski definition) is 2. The summed E-state index contributed by atoms with van der Waals surface area (Å²) in [6, 6.07) is 10.2. The summed E-state index contributed by atoms with van der Waals surface area (Å²) in [5, 5.41) is 3.24. The van der Waals surface area contributed by atoms with Gasteiger partial charge in [-0.3, -0.25) is 4.79 Å². The maximum Gasteiger partial charge on any atom is 0.252 e. The van der Waals surface area contributed by atoms with E-state index in [0.717, 1.165) is 34.4 Å².